The molecule has 1 amide bonds. The first-order chi connectivity index (χ1) is 9.78. The number of ether oxygens (including phenoxy) is 1. The summed E-state index contributed by atoms with van der Waals surface area (Å²) in [7, 11) is 0. The third kappa shape index (κ3) is 2.69. The second kappa shape index (κ2) is 5.89. The minimum Gasteiger partial charge on any atom is -0.376 e. The van der Waals surface area contributed by atoms with Crippen molar-refractivity contribution < 1.29 is 9.53 Å². The lowest BCUT2D eigenvalue weighted by Gasteiger charge is -2.24. The number of nitrogens with zero attached hydrogens (tertiary/aromatic N) is 2. The number of carbonyl (C=O) groups excluding carboxylic acids is 1. The molecule has 0 radical (unpaired) electrons. The van der Waals surface area contributed by atoms with Gasteiger partial charge in [0.25, 0.3) is 5.91 Å². The molecule has 106 valence electrons. The van der Waals surface area contributed by atoms with Gasteiger partial charge < -0.3 is 9.64 Å². The largest absolute Gasteiger partial charge is 0.376 e. The van der Waals surface area contributed by atoms with Crippen LogP contribution in [0.3, 0.4) is 0 Å². The summed E-state index contributed by atoms with van der Waals surface area (Å²) in [6.07, 6.45) is 2.35. The summed E-state index contributed by atoms with van der Waals surface area (Å²) in [4.78, 5) is 18.7. The van der Waals surface area contributed by atoms with Crippen LogP contribution in [0.15, 0.2) is 23.7 Å². The molecule has 0 saturated carbocycles. The fourth-order valence-electron chi connectivity index (χ4n) is 2.56. The van der Waals surface area contributed by atoms with Crippen molar-refractivity contribution in [1.82, 2.24) is 9.88 Å². The number of carbonyl (C=O) groups is 1. The van der Waals surface area contributed by atoms with Gasteiger partial charge in [0.05, 0.1) is 21.8 Å². The van der Waals surface area contributed by atoms with E-state index in [0.717, 1.165) is 35.2 Å². The standard InChI is InChI=1S/C15H18N2O2S/c1-2-17(9-12-4-3-7-19-12)15(18)11-5-6-13-14(8-11)20-10-16-13/h5-6,8,10,12H,2-4,7,9H2,1H3. The Kier molecular flexibility index (Phi) is 3.98. The molecule has 1 aliphatic heterocycles. The van der Waals surface area contributed by atoms with Crippen LogP contribution >= 0.6 is 11.3 Å². The van der Waals surface area contributed by atoms with Crippen molar-refractivity contribution in [2.24, 2.45) is 0 Å². The average Bonchev–Trinajstić information content (AvgIpc) is 3.14. The van der Waals surface area contributed by atoms with E-state index in [1.807, 2.05) is 35.5 Å². The van der Waals surface area contributed by atoms with Crippen LogP contribution in [0.4, 0.5) is 0 Å². The maximum atomic E-state index is 12.6. The Bertz CT molecular complexity index is 605. The Labute approximate surface area is 122 Å². The topological polar surface area (TPSA) is 42.4 Å². The highest BCUT2D eigenvalue weighted by Crippen LogP contribution is 2.21. The van der Waals surface area contributed by atoms with Gasteiger partial charge in [0.2, 0.25) is 0 Å². The molecule has 1 aromatic carbocycles. The molecule has 4 nitrogen and oxygen atoms in total. The molecule has 1 aromatic heterocycles. The lowest BCUT2D eigenvalue weighted by Crippen LogP contribution is -2.37. The van der Waals surface area contributed by atoms with Crippen molar-refractivity contribution in [3.8, 4) is 0 Å². The monoisotopic (exact) mass is 290 g/mol. The smallest absolute Gasteiger partial charge is 0.253 e. The Morgan fingerprint density at radius 3 is 3.20 bits per heavy atom. The zero-order chi connectivity index (χ0) is 13.9. The number of amides is 1. The van der Waals surface area contributed by atoms with Gasteiger partial charge in [0, 0.05) is 25.3 Å². The van der Waals surface area contributed by atoms with E-state index in [1.54, 1.807) is 11.3 Å². The SMILES string of the molecule is CCN(CC1CCCO1)C(=O)c1ccc2ncsc2c1. The molecule has 1 saturated heterocycles. The molecule has 3 rings (SSSR count). The number of benzene rings is 1. The number of hydrogen-bond donors (Lipinski definition) is 0. The molecular formula is C15H18N2O2S. The van der Waals surface area contributed by atoms with Crippen molar-refractivity contribution in [3.05, 3.63) is 29.3 Å². The normalized spacial score (nSPS) is 18.6. The van der Waals surface area contributed by atoms with Crippen LogP contribution in [0.2, 0.25) is 0 Å². The number of rotatable bonds is 4. The van der Waals surface area contributed by atoms with E-state index in [2.05, 4.69) is 4.98 Å². The van der Waals surface area contributed by atoms with Gasteiger partial charge in [-0.1, -0.05) is 0 Å². The van der Waals surface area contributed by atoms with E-state index < -0.39 is 0 Å². The lowest BCUT2D eigenvalue weighted by molar-refractivity contribution is 0.0539. The van der Waals surface area contributed by atoms with E-state index in [0.29, 0.717) is 13.1 Å². The first kappa shape index (κ1) is 13.5. The summed E-state index contributed by atoms with van der Waals surface area (Å²) >= 11 is 1.56. The molecule has 0 aliphatic carbocycles. The molecule has 1 atom stereocenters. The Morgan fingerprint density at radius 2 is 2.45 bits per heavy atom. The summed E-state index contributed by atoms with van der Waals surface area (Å²) in [5.74, 6) is 0.0818. The quantitative estimate of drug-likeness (QED) is 0.869. The zero-order valence-electron chi connectivity index (χ0n) is 11.5. The predicted octanol–water partition coefficient (Wildman–Crippen LogP) is 2.94. The molecule has 20 heavy (non-hydrogen) atoms. The van der Waals surface area contributed by atoms with E-state index in [9.17, 15) is 4.79 Å². The van der Waals surface area contributed by atoms with Crippen LogP contribution in [0.25, 0.3) is 10.2 Å². The maximum absolute atomic E-state index is 12.6. The molecule has 1 aliphatic rings. The Morgan fingerprint density at radius 1 is 1.55 bits per heavy atom. The molecule has 2 heterocycles. The number of likely N-dealkylation sites (N-methyl/N-ethyl adjacent to an activating group) is 1. The van der Waals surface area contributed by atoms with Gasteiger partial charge in [-0.25, -0.2) is 4.98 Å². The second-order valence-corrected chi connectivity index (χ2v) is 5.90. The third-order valence-corrected chi connectivity index (χ3v) is 4.49. The van der Waals surface area contributed by atoms with Gasteiger partial charge in [0.1, 0.15) is 0 Å². The number of fused-ring (bicyclic) bond motifs is 1. The van der Waals surface area contributed by atoms with Crippen LogP contribution in [0, 0.1) is 0 Å². The van der Waals surface area contributed by atoms with Crippen LogP contribution in [-0.2, 0) is 4.74 Å². The Balaban J connectivity index is 1.77. The first-order valence-electron chi connectivity index (χ1n) is 7.02. The number of thiazole rings is 1. The molecule has 0 bridgehead atoms. The van der Waals surface area contributed by atoms with Gasteiger partial charge in [-0.3, -0.25) is 4.79 Å². The third-order valence-electron chi connectivity index (χ3n) is 3.70. The summed E-state index contributed by atoms with van der Waals surface area (Å²) in [6, 6.07) is 5.72. The van der Waals surface area contributed by atoms with Crippen LogP contribution in [0.1, 0.15) is 30.1 Å². The fraction of sp³-hybridized carbons (Fsp3) is 0.467. The van der Waals surface area contributed by atoms with Crippen molar-refractivity contribution in [2.75, 3.05) is 19.7 Å². The average molecular weight is 290 g/mol. The molecule has 0 N–H and O–H groups in total. The van der Waals surface area contributed by atoms with Crippen LogP contribution < -0.4 is 0 Å². The maximum Gasteiger partial charge on any atom is 0.253 e. The molecule has 2 aromatic rings. The highest BCUT2D eigenvalue weighted by molar-refractivity contribution is 7.16. The molecule has 5 heteroatoms. The summed E-state index contributed by atoms with van der Waals surface area (Å²) in [5, 5.41) is 0. The van der Waals surface area contributed by atoms with Crippen molar-refractivity contribution in [2.45, 2.75) is 25.9 Å². The van der Waals surface area contributed by atoms with Gasteiger partial charge in [-0.15, -0.1) is 11.3 Å². The number of aromatic nitrogens is 1. The summed E-state index contributed by atoms with van der Waals surface area (Å²) < 4.78 is 6.69. The minimum absolute atomic E-state index is 0.0818. The fourth-order valence-corrected chi connectivity index (χ4v) is 3.28. The second-order valence-electron chi connectivity index (χ2n) is 5.01. The van der Waals surface area contributed by atoms with Crippen molar-refractivity contribution in [1.29, 1.82) is 0 Å². The van der Waals surface area contributed by atoms with Crippen molar-refractivity contribution in [3.63, 3.8) is 0 Å². The molecule has 0 spiro atoms. The van der Waals surface area contributed by atoms with Crippen LogP contribution in [0.5, 0.6) is 0 Å². The van der Waals surface area contributed by atoms with E-state index in [4.69, 9.17) is 4.74 Å². The highest BCUT2D eigenvalue weighted by atomic mass is 32.1. The van der Waals surface area contributed by atoms with Gasteiger partial charge >= 0.3 is 0 Å². The predicted molar refractivity (Wildman–Crippen MR) is 80.2 cm³/mol. The number of hydrogen-bond acceptors (Lipinski definition) is 4. The molecule has 1 unspecified atom stereocenters. The first-order valence-corrected chi connectivity index (χ1v) is 7.90. The molecular weight excluding hydrogens is 272 g/mol. The van der Waals surface area contributed by atoms with Crippen molar-refractivity contribution >= 4 is 27.5 Å². The van der Waals surface area contributed by atoms with Gasteiger partial charge in [-0.05, 0) is 38.0 Å². The lowest BCUT2D eigenvalue weighted by atomic mass is 10.1. The summed E-state index contributed by atoms with van der Waals surface area (Å²) in [6.45, 7) is 4.23. The highest BCUT2D eigenvalue weighted by Gasteiger charge is 2.22. The Hall–Kier alpha value is -1.46. The summed E-state index contributed by atoms with van der Waals surface area (Å²) in [5.41, 5.74) is 3.50. The van der Waals surface area contributed by atoms with E-state index in [1.165, 1.54) is 0 Å². The van der Waals surface area contributed by atoms with E-state index in [-0.39, 0.29) is 12.0 Å². The van der Waals surface area contributed by atoms with E-state index >= 15 is 0 Å². The molecule has 1 fully saturated rings. The zero-order valence-corrected chi connectivity index (χ0v) is 12.4. The van der Waals surface area contributed by atoms with Gasteiger partial charge in [-0.2, -0.15) is 0 Å². The minimum atomic E-state index is 0.0818. The van der Waals surface area contributed by atoms with Gasteiger partial charge in [0.15, 0.2) is 0 Å². The van der Waals surface area contributed by atoms with Crippen LogP contribution in [-0.4, -0.2) is 41.6 Å².